The molecular weight excluding hydrogens is 506 g/mol. The molecule has 1 amide bonds. The maximum absolute atomic E-state index is 13.7. The highest BCUT2D eigenvalue weighted by molar-refractivity contribution is 5.94. The standard InChI is InChI=1S/C30H26F2N2O5/c1-19-26(34-29(39-19)22-5-3-2-4-6-22)15-16-38-24-12-7-20(8-13-24)17-27(30(36)37)33-28(35)14-10-21-9-11-23(31)18-25(21)32/h2-14,18,27H,15-17H2,1H3,(H,33,35)(H,36,37)/b14-10+/t27-/m0/s1. The zero-order valence-electron chi connectivity index (χ0n) is 21.1. The van der Waals surface area contributed by atoms with Crippen LogP contribution in [0.4, 0.5) is 8.78 Å². The van der Waals surface area contributed by atoms with Gasteiger partial charge in [-0.25, -0.2) is 18.6 Å². The molecule has 0 aliphatic heterocycles. The van der Waals surface area contributed by atoms with E-state index in [1.807, 2.05) is 37.3 Å². The molecule has 0 spiro atoms. The average molecular weight is 533 g/mol. The number of aromatic nitrogens is 1. The molecule has 200 valence electrons. The van der Waals surface area contributed by atoms with Crippen LogP contribution in [-0.4, -0.2) is 34.6 Å². The van der Waals surface area contributed by atoms with Crippen LogP contribution in [0, 0.1) is 18.6 Å². The highest BCUT2D eigenvalue weighted by Crippen LogP contribution is 2.22. The Hall–Kier alpha value is -4.79. The van der Waals surface area contributed by atoms with Crippen LogP contribution in [0.15, 0.2) is 83.3 Å². The Bertz CT molecular complexity index is 1470. The smallest absolute Gasteiger partial charge is 0.326 e. The number of halogens is 2. The molecule has 0 radical (unpaired) electrons. The second kappa shape index (κ2) is 12.6. The summed E-state index contributed by atoms with van der Waals surface area (Å²) in [5.74, 6) is -1.61. The van der Waals surface area contributed by atoms with Crippen molar-refractivity contribution in [3.05, 3.63) is 113 Å². The summed E-state index contributed by atoms with van der Waals surface area (Å²) in [5, 5.41) is 11.9. The minimum absolute atomic E-state index is 0.00404. The summed E-state index contributed by atoms with van der Waals surface area (Å²) in [5.41, 5.74) is 2.38. The summed E-state index contributed by atoms with van der Waals surface area (Å²) < 4.78 is 38.3. The molecule has 0 fully saturated rings. The minimum Gasteiger partial charge on any atom is -0.493 e. The predicted molar refractivity (Wildman–Crippen MR) is 141 cm³/mol. The third-order valence-corrected chi connectivity index (χ3v) is 5.88. The number of aryl methyl sites for hydroxylation is 1. The van der Waals surface area contributed by atoms with Gasteiger partial charge in [0.2, 0.25) is 11.8 Å². The molecule has 4 aromatic rings. The van der Waals surface area contributed by atoms with Gasteiger partial charge in [0.05, 0.1) is 12.3 Å². The molecule has 0 saturated carbocycles. The lowest BCUT2D eigenvalue weighted by atomic mass is 10.1. The number of amides is 1. The van der Waals surface area contributed by atoms with E-state index in [4.69, 9.17) is 9.15 Å². The summed E-state index contributed by atoms with van der Waals surface area (Å²) in [6.07, 6.45) is 2.73. The quantitative estimate of drug-likeness (QED) is 0.252. The second-order valence-corrected chi connectivity index (χ2v) is 8.73. The SMILES string of the molecule is Cc1oc(-c2ccccc2)nc1CCOc1ccc(C[C@H](NC(=O)/C=C/c2ccc(F)cc2F)C(=O)O)cc1. The minimum atomic E-state index is -1.22. The fourth-order valence-corrected chi connectivity index (χ4v) is 3.81. The van der Waals surface area contributed by atoms with E-state index in [1.54, 1.807) is 24.3 Å². The van der Waals surface area contributed by atoms with Crippen molar-refractivity contribution in [2.24, 2.45) is 0 Å². The van der Waals surface area contributed by atoms with Crippen LogP contribution < -0.4 is 10.1 Å². The number of benzene rings is 3. The van der Waals surface area contributed by atoms with Crippen LogP contribution in [0.3, 0.4) is 0 Å². The number of rotatable bonds is 11. The molecule has 0 bridgehead atoms. The van der Waals surface area contributed by atoms with Gasteiger partial charge in [-0.15, -0.1) is 0 Å². The van der Waals surface area contributed by atoms with E-state index in [2.05, 4.69) is 10.3 Å². The lowest BCUT2D eigenvalue weighted by molar-refractivity contribution is -0.141. The first kappa shape index (κ1) is 27.3. The van der Waals surface area contributed by atoms with Crippen LogP contribution in [0.1, 0.15) is 22.6 Å². The Morgan fingerprint density at radius 3 is 2.51 bits per heavy atom. The van der Waals surface area contributed by atoms with Gasteiger partial charge in [0.1, 0.15) is 29.2 Å². The number of carboxylic acid groups (broad SMARTS) is 1. The molecule has 7 nitrogen and oxygen atoms in total. The highest BCUT2D eigenvalue weighted by Gasteiger charge is 2.19. The van der Waals surface area contributed by atoms with Crippen molar-refractivity contribution in [3.63, 3.8) is 0 Å². The Morgan fingerprint density at radius 2 is 1.82 bits per heavy atom. The van der Waals surface area contributed by atoms with Gasteiger partial charge in [-0.1, -0.05) is 30.3 Å². The number of hydrogen-bond donors (Lipinski definition) is 2. The highest BCUT2D eigenvalue weighted by atomic mass is 19.1. The maximum Gasteiger partial charge on any atom is 0.326 e. The summed E-state index contributed by atoms with van der Waals surface area (Å²) in [4.78, 5) is 28.5. The molecule has 0 aliphatic rings. The molecule has 39 heavy (non-hydrogen) atoms. The van der Waals surface area contributed by atoms with Gasteiger partial charge in [-0.05, 0) is 55.0 Å². The van der Waals surface area contributed by atoms with Gasteiger partial charge < -0.3 is 19.6 Å². The number of aliphatic carboxylic acids is 1. The lowest BCUT2D eigenvalue weighted by Gasteiger charge is -2.14. The molecular formula is C30H26F2N2O5. The molecule has 4 rings (SSSR count). The van der Waals surface area contributed by atoms with Crippen LogP contribution in [0.5, 0.6) is 5.75 Å². The third-order valence-electron chi connectivity index (χ3n) is 5.88. The van der Waals surface area contributed by atoms with E-state index >= 15 is 0 Å². The van der Waals surface area contributed by atoms with E-state index in [0.29, 0.717) is 36.3 Å². The first-order chi connectivity index (χ1) is 18.8. The van der Waals surface area contributed by atoms with Crippen LogP contribution in [0.25, 0.3) is 17.5 Å². The van der Waals surface area contributed by atoms with Crippen molar-refractivity contribution in [3.8, 4) is 17.2 Å². The second-order valence-electron chi connectivity index (χ2n) is 8.73. The first-order valence-corrected chi connectivity index (χ1v) is 12.2. The lowest BCUT2D eigenvalue weighted by Crippen LogP contribution is -2.41. The number of oxazole rings is 1. The molecule has 2 N–H and O–H groups in total. The fourth-order valence-electron chi connectivity index (χ4n) is 3.81. The topological polar surface area (TPSA) is 102 Å². The monoisotopic (exact) mass is 532 g/mol. The van der Waals surface area contributed by atoms with E-state index < -0.39 is 29.6 Å². The Morgan fingerprint density at radius 1 is 1.08 bits per heavy atom. The molecule has 1 heterocycles. The summed E-state index contributed by atoms with van der Waals surface area (Å²) in [6, 6.07) is 18.2. The fraction of sp³-hybridized carbons (Fsp3) is 0.167. The maximum atomic E-state index is 13.7. The van der Waals surface area contributed by atoms with Gasteiger partial charge in [0.15, 0.2) is 0 Å². The van der Waals surface area contributed by atoms with Crippen LogP contribution >= 0.6 is 0 Å². The Labute approximate surface area is 223 Å². The third kappa shape index (κ3) is 7.61. The average Bonchev–Trinajstić information content (AvgIpc) is 3.29. The molecule has 9 heteroatoms. The molecule has 1 aromatic heterocycles. The van der Waals surface area contributed by atoms with Gasteiger partial charge in [0, 0.05) is 36.1 Å². The zero-order chi connectivity index (χ0) is 27.8. The zero-order valence-corrected chi connectivity index (χ0v) is 21.1. The largest absolute Gasteiger partial charge is 0.493 e. The van der Waals surface area contributed by atoms with Crippen molar-refractivity contribution in [2.45, 2.75) is 25.8 Å². The van der Waals surface area contributed by atoms with E-state index in [1.165, 1.54) is 6.07 Å². The normalized spacial score (nSPS) is 11.9. The predicted octanol–water partition coefficient (Wildman–Crippen LogP) is 5.38. The van der Waals surface area contributed by atoms with Crippen molar-refractivity contribution < 1.29 is 32.6 Å². The van der Waals surface area contributed by atoms with Crippen LogP contribution in [-0.2, 0) is 22.4 Å². The summed E-state index contributed by atoms with van der Waals surface area (Å²) in [7, 11) is 0. The first-order valence-electron chi connectivity index (χ1n) is 12.2. The number of carboxylic acids is 1. The van der Waals surface area contributed by atoms with Crippen LogP contribution in [0.2, 0.25) is 0 Å². The van der Waals surface area contributed by atoms with Crippen molar-refractivity contribution >= 4 is 18.0 Å². The molecule has 3 aromatic carbocycles. The van der Waals surface area contributed by atoms with Gasteiger partial charge >= 0.3 is 5.97 Å². The van der Waals surface area contributed by atoms with E-state index in [9.17, 15) is 23.5 Å². The number of ether oxygens (including phenoxy) is 1. The van der Waals surface area contributed by atoms with E-state index in [-0.39, 0.29) is 12.0 Å². The number of nitrogens with zero attached hydrogens (tertiary/aromatic N) is 1. The Kier molecular flexibility index (Phi) is 8.83. The summed E-state index contributed by atoms with van der Waals surface area (Å²) >= 11 is 0. The molecule has 0 unspecified atom stereocenters. The molecule has 0 aliphatic carbocycles. The molecule has 1 atom stereocenters. The number of nitrogens with one attached hydrogen (secondary N) is 1. The number of carbonyl (C=O) groups is 2. The van der Waals surface area contributed by atoms with Gasteiger partial charge in [-0.3, -0.25) is 4.79 Å². The number of carbonyl (C=O) groups excluding carboxylic acids is 1. The van der Waals surface area contributed by atoms with E-state index in [0.717, 1.165) is 35.2 Å². The van der Waals surface area contributed by atoms with Crippen molar-refractivity contribution in [1.29, 1.82) is 0 Å². The number of hydrogen-bond acceptors (Lipinski definition) is 5. The molecule has 0 saturated heterocycles. The Balaban J connectivity index is 1.29. The van der Waals surface area contributed by atoms with Crippen molar-refractivity contribution in [2.75, 3.05) is 6.61 Å². The van der Waals surface area contributed by atoms with Crippen molar-refractivity contribution in [1.82, 2.24) is 10.3 Å². The van der Waals surface area contributed by atoms with Gasteiger partial charge in [-0.2, -0.15) is 0 Å². The van der Waals surface area contributed by atoms with Gasteiger partial charge in [0.25, 0.3) is 0 Å². The summed E-state index contributed by atoms with van der Waals surface area (Å²) in [6.45, 7) is 2.23.